The highest BCUT2D eigenvalue weighted by molar-refractivity contribution is 5.69. The molecule has 1 atom stereocenters. The largest absolute Gasteiger partial charge is 0.449 e. The minimum Gasteiger partial charge on any atom is -0.449 e. The number of carbonyl (C=O) groups is 1. The van der Waals surface area contributed by atoms with Gasteiger partial charge in [-0.05, 0) is 45.2 Å². The Balaban J connectivity index is 1.68. The number of benzene rings is 2. The quantitative estimate of drug-likeness (QED) is 0.501. The number of amides is 1. The Morgan fingerprint density at radius 2 is 1.55 bits per heavy atom. The second-order valence-corrected chi connectivity index (χ2v) is 9.77. The molecule has 2 aromatic carbocycles. The summed E-state index contributed by atoms with van der Waals surface area (Å²) in [4.78, 5) is 17.0. The van der Waals surface area contributed by atoms with Gasteiger partial charge in [-0.25, -0.2) is 4.79 Å². The molecule has 0 aliphatic carbocycles. The molecule has 0 N–H and O–H groups in total. The molecule has 1 heterocycles. The Morgan fingerprint density at radius 1 is 1.00 bits per heavy atom. The van der Waals surface area contributed by atoms with Crippen LogP contribution >= 0.6 is 0 Å². The number of nitrogens with zero attached hydrogens (tertiary/aromatic N) is 2. The molecule has 6 heteroatoms. The molecule has 1 saturated heterocycles. The molecule has 2 aromatic rings. The molecule has 0 radical (unpaired) electrons. The molecule has 6 nitrogen and oxygen atoms in total. The second kappa shape index (κ2) is 11.1. The SMILES string of the molecule is COC[C@H](CCOC(=O)N1C(C)(C)COC1(C)C)N(Cc1ccccc1)Cc1ccccc1. The van der Waals surface area contributed by atoms with Gasteiger partial charge in [0.1, 0.15) is 5.72 Å². The Morgan fingerprint density at radius 3 is 2.00 bits per heavy atom. The first-order valence-electron chi connectivity index (χ1n) is 11.6. The highest BCUT2D eigenvalue weighted by Gasteiger charge is 2.49. The van der Waals surface area contributed by atoms with Crippen LogP contribution in [0.4, 0.5) is 4.79 Å². The molecule has 0 spiro atoms. The lowest BCUT2D eigenvalue weighted by atomic mass is 10.0. The van der Waals surface area contributed by atoms with E-state index in [1.54, 1.807) is 12.0 Å². The maximum absolute atomic E-state index is 12.9. The van der Waals surface area contributed by atoms with E-state index < -0.39 is 11.3 Å². The van der Waals surface area contributed by atoms with E-state index in [1.165, 1.54) is 11.1 Å². The maximum Gasteiger partial charge on any atom is 0.412 e. The van der Waals surface area contributed by atoms with Crippen molar-refractivity contribution in [3.05, 3.63) is 71.8 Å². The lowest BCUT2D eigenvalue weighted by molar-refractivity contribution is -0.0531. The summed E-state index contributed by atoms with van der Waals surface area (Å²) in [5.74, 6) is 0. The van der Waals surface area contributed by atoms with Crippen LogP contribution in [0.15, 0.2) is 60.7 Å². The Kier molecular flexibility index (Phi) is 8.51. The average molecular weight is 455 g/mol. The van der Waals surface area contributed by atoms with Crippen LogP contribution in [-0.2, 0) is 27.3 Å². The molecular weight excluding hydrogens is 416 g/mol. The van der Waals surface area contributed by atoms with E-state index in [0.717, 1.165) is 13.1 Å². The van der Waals surface area contributed by atoms with Gasteiger partial charge in [-0.1, -0.05) is 60.7 Å². The summed E-state index contributed by atoms with van der Waals surface area (Å²) in [5.41, 5.74) is 1.40. The number of methoxy groups -OCH3 is 1. The molecule has 3 rings (SSSR count). The van der Waals surface area contributed by atoms with Crippen molar-refractivity contribution in [3.8, 4) is 0 Å². The van der Waals surface area contributed by atoms with Crippen molar-refractivity contribution in [1.82, 2.24) is 9.80 Å². The van der Waals surface area contributed by atoms with E-state index >= 15 is 0 Å². The molecule has 0 saturated carbocycles. The van der Waals surface area contributed by atoms with Crippen LogP contribution in [0.3, 0.4) is 0 Å². The van der Waals surface area contributed by atoms with Crippen molar-refractivity contribution in [2.75, 3.05) is 26.9 Å². The van der Waals surface area contributed by atoms with Crippen LogP contribution in [0.2, 0.25) is 0 Å². The molecule has 0 unspecified atom stereocenters. The highest BCUT2D eigenvalue weighted by atomic mass is 16.6. The Hall–Kier alpha value is -2.41. The summed E-state index contributed by atoms with van der Waals surface area (Å²) in [6.45, 7) is 10.7. The summed E-state index contributed by atoms with van der Waals surface area (Å²) >= 11 is 0. The van der Waals surface area contributed by atoms with Gasteiger partial charge in [0.2, 0.25) is 0 Å². The van der Waals surface area contributed by atoms with Crippen molar-refractivity contribution in [2.24, 2.45) is 0 Å². The van der Waals surface area contributed by atoms with E-state index in [4.69, 9.17) is 14.2 Å². The lowest BCUT2D eigenvalue weighted by Gasteiger charge is -2.37. The number of hydrogen-bond donors (Lipinski definition) is 0. The maximum atomic E-state index is 12.9. The van der Waals surface area contributed by atoms with E-state index in [9.17, 15) is 4.79 Å². The first-order chi connectivity index (χ1) is 15.7. The minimum absolute atomic E-state index is 0.0964. The monoisotopic (exact) mass is 454 g/mol. The molecule has 1 fully saturated rings. The fraction of sp³-hybridized carbons (Fsp3) is 0.519. The second-order valence-electron chi connectivity index (χ2n) is 9.77. The van der Waals surface area contributed by atoms with Crippen molar-refractivity contribution in [3.63, 3.8) is 0 Å². The fourth-order valence-corrected chi connectivity index (χ4v) is 4.54. The first-order valence-corrected chi connectivity index (χ1v) is 11.6. The highest BCUT2D eigenvalue weighted by Crippen LogP contribution is 2.35. The number of rotatable bonds is 10. The van der Waals surface area contributed by atoms with Crippen molar-refractivity contribution in [1.29, 1.82) is 0 Å². The molecule has 33 heavy (non-hydrogen) atoms. The predicted molar refractivity (Wildman–Crippen MR) is 130 cm³/mol. The summed E-state index contributed by atoms with van der Waals surface area (Å²) in [5, 5.41) is 0. The number of carbonyl (C=O) groups excluding carboxylic acids is 1. The van der Waals surface area contributed by atoms with Gasteiger partial charge in [0.05, 0.1) is 25.4 Å². The number of ether oxygens (including phenoxy) is 3. The lowest BCUT2D eigenvalue weighted by Crippen LogP contribution is -2.53. The zero-order chi connectivity index (χ0) is 23.9. The minimum atomic E-state index is -0.681. The molecular formula is C27H38N2O4. The van der Waals surface area contributed by atoms with Crippen molar-refractivity contribution < 1.29 is 19.0 Å². The van der Waals surface area contributed by atoms with E-state index in [-0.39, 0.29) is 12.1 Å². The van der Waals surface area contributed by atoms with Crippen molar-refractivity contribution >= 4 is 6.09 Å². The molecule has 0 bridgehead atoms. The number of hydrogen-bond acceptors (Lipinski definition) is 5. The van der Waals surface area contributed by atoms with Crippen LogP contribution in [0.25, 0.3) is 0 Å². The summed E-state index contributed by atoms with van der Waals surface area (Å²) in [6.07, 6.45) is 0.339. The van der Waals surface area contributed by atoms with Gasteiger partial charge in [0, 0.05) is 26.2 Å². The first kappa shape index (κ1) is 25.2. The van der Waals surface area contributed by atoms with Gasteiger partial charge in [0.25, 0.3) is 0 Å². The molecule has 1 amide bonds. The van der Waals surface area contributed by atoms with E-state index in [0.29, 0.717) is 26.2 Å². The van der Waals surface area contributed by atoms with Gasteiger partial charge in [-0.15, -0.1) is 0 Å². The Bertz CT molecular complexity index is 813. The van der Waals surface area contributed by atoms with Gasteiger partial charge in [-0.2, -0.15) is 0 Å². The van der Waals surface area contributed by atoms with Crippen LogP contribution in [0, 0.1) is 0 Å². The smallest absolute Gasteiger partial charge is 0.412 e. The van der Waals surface area contributed by atoms with Gasteiger partial charge < -0.3 is 14.2 Å². The summed E-state index contributed by atoms with van der Waals surface area (Å²) in [6, 6.07) is 21.0. The molecule has 180 valence electrons. The molecule has 1 aliphatic rings. The topological polar surface area (TPSA) is 51.2 Å². The van der Waals surface area contributed by atoms with Crippen LogP contribution in [0.1, 0.15) is 45.2 Å². The Labute approximate surface area is 198 Å². The van der Waals surface area contributed by atoms with Crippen LogP contribution in [0.5, 0.6) is 0 Å². The third-order valence-corrected chi connectivity index (χ3v) is 6.11. The normalized spacial score (nSPS) is 17.8. The summed E-state index contributed by atoms with van der Waals surface area (Å²) < 4.78 is 17.1. The van der Waals surface area contributed by atoms with Crippen LogP contribution in [-0.4, -0.2) is 60.1 Å². The zero-order valence-corrected chi connectivity index (χ0v) is 20.6. The standard InChI is InChI=1S/C27H38N2O4/c1-26(2)21-33-27(3,4)29(26)25(30)32-17-16-24(20-31-5)28(18-22-12-8-6-9-13-22)19-23-14-10-7-11-15-23/h6-15,24H,16-21H2,1-5H3/t24-/m0/s1. The average Bonchev–Trinajstić information content (AvgIpc) is 3.01. The van der Waals surface area contributed by atoms with Gasteiger partial charge in [-0.3, -0.25) is 9.80 Å². The fourth-order valence-electron chi connectivity index (χ4n) is 4.54. The zero-order valence-electron chi connectivity index (χ0n) is 20.6. The molecule has 0 aromatic heterocycles. The van der Waals surface area contributed by atoms with Crippen LogP contribution < -0.4 is 0 Å². The predicted octanol–water partition coefficient (Wildman–Crippen LogP) is 5.08. The van der Waals surface area contributed by atoms with E-state index in [1.807, 2.05) is 39.8 Å². The van der Waals surface area contributed by atoms with Gasteiger partial charge in [0.15, 0.2) is 0 Å². The third kappa shape index (κ3) is 6.79. The summed E-state index contributed by atoms with van der Waals surface area (Å²) in [7, 11) is 1.72. The molecule has 1 aliphatic heterocycles. The van der Waals surface area contributed by atoms with Crippen molar-refractivity contribution in [2.45, 2.75) is 64.5 Å². The van der Waals surface area contributed by atoms with E-state index in [2.05, 4.69) is 53.4 Å². The third-order valence-electron chi connectivity index (χ3n) is 6.11. The van der Waals surface area contributed by atoms with Gasteiger partial charge >= 0.3 is 6.09 Å².